The Morgan fingerprint density at radius 2 is 2.00 bits per heavy atom. The lowest BCUT2D eigenvalue weighted by atomic mass is 10.2. The van der Waals surface area contributed by atoms with Crippen LogP contribution in [0.5, 0.6) is 5.75 Å². The molecule has 1 aromatic heterocycles. The van der Waals surface area contributed by atoms with E-state index in [2.05, 4.69) is 15.5 Å². The molecule has 0 bridgehead atoms. The fourth-order valence-corrected chi connectivity index (χ4v) is 4.57. The molecule has 2 aliphatic heterocycles. The van der Waals surface area contributed by atoms with Gasteiger partial charge in [0.1, 0.15) is 11.8 Å². The normalized spacial score (nSPS) is 19.3. The molecule has 4 rings (SSSR count). The number of hydrogen-bond acceptors (Lipinski definition) is 7. The Bertz CT molecular complexity index is 854. The summed E-state index contributed by atoms with van der Waals surface area (Å²) in [6.45, 7) is 1.93. The standard InChI is InChI=1S/C19H23N5O3S/c1-27-14-8-6-13(7-9-14)12-20-17(26)15-4-2-10-23(15)18-21-22-19(28-18)24-11-3-5-16(24)25/h6-9,15H,2-5,10-12H2,1H3,(H,20,26)/t15-/m0/s1. The highest BCUT2D eigenvalue weighted by molar-refractivity contribution is 7.19. The predicted molar refractivity (Wildman–Crippen MR) is 107 cm³/mol. The molecule has 1 atom stereocenters. The Morgan fingerprint density at radius 3 is 2.71 bits per heavy atom. The number of rotatable bonds is 6. The average Bonchev–Trinajstić information content (AvgIpc) is 3.46. The number of ether oxygens (including phenoxy) is 1. The zero-order chi connectivity index (χ0) is 19.5. The van der Waals surface area contributed by atoms with E-state index < -0.39 is 0 Å². The third-order valence-electron chi connectivity index (χ3n) is 5.13. The maximum Gasteiger partial charge on any atom is 0.243 e. The van der Waals surface area contributed by atoms with Gasteiger partial charge in [0.2, 0.25) is 22.1 Å². The molecule has 1 aromatic carbocycles. The maximum absolute atomic E-state index is 12.8. The second-order valence-electron chi connectivity index (χ2n) is 6.93. The second kappa shape index (κ2) is 8.14. The van der Waals surface area contributed by atoms with Crippen LogP contribution >= 0.6 is 11.3 Å². The van der Waals surface area contributed by atoms with Crippen LogP contribution in [0.4, 0.5) is 10.3 Å². The van der Waals surface area contributed by atoms with Crippen LogP contribution in [0, 0.1) is 0 Å². The summed E-state index contributed by atoms with van der Waals surface area (Å²) >= 11 is 1.39. The van der Waals surface area contributed by atoms with Gasteiger partial charge in [-0.2, -0.15) is 0 Å². The lowest BCUT2D eigenvalue weighted by Gasteiger charge is -2.22. The highest BCUT2D eigenvalue weighted by Gasteiger charge is 2.34. The molecule has 0 unspecified atom stereocenters. The molecule has 0 saturated carbocycles. The Labute approximate surface area is 167 Å². The Hall–Kier alpha value is -2.68. The van der Waals surface area contributed by atoms with Crippen LogP contribution in [0.25, 0.3) is 0 Å². The number of methoxy groups -OCH3 is 1. The van der Waals surface area contributed by atoms with Gasteiger partial charge in [-0.3, -0.25) is 14.5 Å². The Morgan fingerprint density at radius 1 is 1.21 bits per heavy atom. The van der Waals surface area contributed by atoms with Crippen LogP contribution in [-0.2, 0) is 16.1 Å². The third-order valence-corrected chi connectivity index (χ3v) is 6.12. The number of benzene rings is 1. The Kier molecular flexibility index (Phi) is 5.43. The molecule has 9 heteroatoms. The van der Waals surface area contributed by atoms with Crippen LogP contribution in [0.1, 0.15) is 31.2 Å². The van der Waals surface area contributed by atoms with Gasteiger partial charge < -0.3 is 15.0 Å². The van der Waals surface area contributed by atoms with E-state index in [9.17, 15) is 9.59 Å². The molecule has 3 heterocycles. The van der Waals surface area contributed by atoms with E-state index >= 15 is 0 Å². The largest absolute Gasteiger partial charge is 0.497 e. The van der Waals surface area contributed by atoms with E-state index in [1.807, 2.05) is 29.2 Å². The van der Waals surface area contributed by atoms with Gasteiger partial charge in [-0.25, -0.2) is 0 Å². The van der Waals surface area contributed by atoms with Crippen molar-refractivity contribution in [3.05, 3.63) is 29.8 Å². The molecule has 0 aliphatic carbocycles. The molecule has 2 aromatic rings. The topological polar surface area (TPSA) is 87.7 Å². The Balaban J connectivity index is 1.39. The van der Waals surface area contributed by atoms with Crippen molar-refractivity contribution < 1.29 is 14.3 Å². The molecular weight excluding hydrogens is 378 g/mol. The molecule has 0 spiro atoms. The van der Waals surface area contributed by atoms with Gasteiger partial charge in [-0.05, 0) is 37.0 Å². The van der Waals surface area contributed by atoms with E-state index in [1.54, 1.807) is 12.0 Å². The van der Waals surface area contributed by atoms with Crippen molar-refractivity contribution in [1.29, 1.82) is 0 Å². The monoisotopic (exact) mass is 401 g/mol. The van der Waals surface area contributed by atoms with Gasteiger partial charge >= 0.3 is 0 Å². The van der Waals surface area contributed by atoms with E-state index in [0.29, 0.717) is 29.8 Å². The first kappa shape index (κ1) is 18.7. The number of hydrogen-bond donors (Lipinski definition) is 1. The molecule has 2 fully saturated rings. The fourth-order valence-electron chi connectivity index (χ4n) is 3.60. The number of aromatic nitrogens is 2. The van der Waals surface area contributed by atoms with E-state index in [0.717, 1.165) is 37.1 Å². The zero-order valence-electron chi connectivity index (χ0n) is 15.8. The molecule has 2 amide bonds. The molecule has 2 saturated heterocycles. The summed E-state index contributed by atoms with van der Waals surface area (Å²) in [4.78, 5) is 28.4. The number of nitrogens with zero attached hydrogens (tertiary/aromatic N) is 4. The molecule has 0 radical (unpaired) electrons. The number of amides is 2. The fraction of sp³-hybridized carbons (Fsp3) is 0.474. The van der Waals surface area contributed by atoms with Crippen molar-refractivity contribution in [2.24, 2.45) is 0 Å². The lowest BCUT2D eigenvalue weighted by molar-refractivity contribution is -0.122. The lowest BCUT2D eigenvalue weighted by Crippen LogP contribution is -2.43. The number of carbonyl (C=O) groups is 2. The van der Waals surface area contributed by atoms with Crippen molar-refractivity contribution in [1.82, 2.24) is 15.5 Å². The van der Waals surface area contributed by atoms with Crippen LogP contribution in [0.3, 0.4) is 0 Å². The van der Waals surface area contributed by atoms with Crippen molar-refractivity contribution in [3.8, 4) is 5.75 Å². The molecular formula is C19H23N5O3S. The van der Waals surface area contributed by atoms with Crippen LogP contribution in [-0.4, -0.2) is 48.3 Å². The van der Waals surface area contributed by atoms with Gasteiger partial charge in [0.15, 0.2) is 0 Å². The predicted octanol–water partition coefficient (Wildman–Crippen LogP) is 1.96. The minimum absolute atomic E-state index is 0.0117. The quantitative estimate of drug-likeness (QED) is 0.796. The van der Waals surface area contributed by atoms with Crippen LogP contribution < -0.4 is 19.9 Å². The smallest absolute Gasteiger partial charge is 0.243 e. The zero-order valence-corrected chi connectivity index (χ0v) is 16.6. The van der Waals surface area contributed by atoms with Gasteiger partial charge in [0.25, 0.3) is 0 Å². The van der Waals surface area contributed by atoms with Crippen molar-refractivity contribution in [2.45, 2.75) is 38.3 Å². The first-order valence-corrected chi connectivity index (χ1v) is 10.3. The highest BCUT2D eigenvalue weighted by Crippen LogP contribution is 2.33. The SMILES string of the molecule is COc1ccc(CNC(=O)[C@@H]2CCCN2c2nnc(N3CCCC3=O)s2)cc1. The minimum atomic E-state index is -0.256. The van der Waals surface area contributed by atoms with Gasteiger partial charge in [0.05, 0.1) is 7.11 Å². The molecule has 2 aliphatic rings. The first-order valence-electron chi connectivity index (χ1n) is 9.47. The summed E-state index contributed by atoms with van der Waals surface area (Å²) in [5, 5.41) is 12.8. The average molecular weight is 401 g/mol. The molecule has 1 N–H and O–H groups in total. The number of nitrogens with one attached hydrogen (secondary N) is 1. The molecule has 8 nitrogen and oxygen atoms in total. The maximum atomic E-state index is 12.8. The summed E-state index contributed by atoms with van der Waals surface area (Å²) in [5.74, 6) is 0.876. The van der Waals surface area contributed by atoms with Crippen molar-refractivity contribution in [2.75, 3.05) is 30.0 Å². The second-order valence-corrected chi connectivity index (χ2v) is 7.87. The van der Waals surface area contributed by atoms with Crippen LogP contribution in [0.2, 0.25) is 0 Å². The van der Waals surface area contributed by atoms with Crippen LogP contribution in [0.15, 0.2) is 24.3 Å². The summed E-state index contributed by atoms with van der Waals surface area (Å²) in [7, 11) is 1.63. The van der Waals surface area contributed by atoms with E-state index in [4.69, 9.17) is 4.74 Å². The summed E-state index contributed by atoms with van der Waals surface area (Å²) in [5.41, 5.74) is 1.02. The van der Waals surface area contributed by atoms with E-state index in [1.165, 1.54) is 11.3 Å². The summed E-state index contributed by atoms with van der Waals surface area (Å²) < 4.78 is 5.15. The molecule has 28 heavy (non-hydrogen) atoms. The van der Waals surface area contributed by atoms with Crippen molar-refractivity contribution in [3.63, 3.8) is 0 Å². The van der Waals surface area contributed by atoms with Crippen molar-refractivity contribution >= 4 is 33.4 Å². The van der Waals surface area contributed by atoms with Gasteiger partial charge in [-0.15, -0.1) is 10.2 Å². The number of carbonyl (C=O) groups excluding carboxylic acids is 2. The highest BCUT2D eigenvalue weighted by atomic mass is 32.1. The van der Waals surface area contributed by atoms with Gasteiger partial charge in [0, 0.05) is 26.1 Å². The minimum Gasteiger partial charge on any atom is -0.497 e. The van der Waals surface area contributed by atoms with Gasteiger partial charge in [-0.1, -0.05) is 23.5 Å². The first-order chi connectivity index (χ1) is 13.7. The molecule has 148 valence electrons. The van der Waals surface area contributed by atoms with E-state index in [-0.39, 0.29) is 17.9 Å². The number of anilines is 2. The summed E-state index contributed by atoms with van der Waals surface area (Å²) in [6, 6.07) is 7.39. The summed E-state index contributed by atoms with van der Waals surface area (Å²) in [6.07, 6.45) is 3.13. The third kappa shape index (κ3) is 3.80.